The van der Waals surface area contributed by atoms with Gasteiger partial charge in [-0.05, 0) is 49.1 Å². The number of carbonyl (C=O) groups excluding carboxylic acids is 2. The Morgan fingerprint density at radius 3 is 2.75 bits per heavy atom. The Hall–Kier alpha value is -2.60. The molecule has 6 heteroatoms. The fraction of sp³-hybridized carbons (Fsp3) is 0.222. The molecule has 1 amide bonds. The molecule has 0 spiro atoms. The van der Waals surface area contributed by atoms with E-state index in [0.29, 0.717) is 23.5 Å². The highest BCUT2D eigenvalue weighted by Crippen LogP contribution is 2.26. The van der Waals surface area contributed by atoms with Crippen molar-refractivity contribution >= 4 is 39.1 Å². The number of carbonyl (C=O) groups is 2. The van der Waals surface area contributed by atoms with Crippen LogP contribution < -0.4 is 5.32 Å². The van der Waals surface area contributed by atoms with Crippen LogP contribution in [0.4, 0.5) is 5.69 Å². The fourth-order valence-electron chi connectivity index (χ4n) is 2.73. The second kappa shape index (κ2) is 6.49. The van der Waals surface area contributed by atoms with Gasteiger partial charge in [-0.3, -0.25) is 4.79 Å². The van der Waals surface area contributed by atoms with Gasteiger partial charge in [-0.1, -0.05) is 6.07 Å². The lowest BCUT2D eigenvalue weighted by atomic mass is 10.1. The number of amides is 1. The molecule has 1 aromatic carbocycles. The number of rotatable bonds is 4. The summed E-state index contributed by atoms with van der Waals surface area (Å²) < 4.78 is 7.84. The summed E-state index contributed by atoms with van der Waals surface area (Å²) in [4.78, 5) is 24.4. The van der Waals surface area contributed by atoms with Crippen molar-refractivity contribution in [1.29, 1.82) is 0 Å². The summed E-state index contributed by atoms with van der Waals surface area (Å²) in [5.74, 6) is -0.610. The molecule has 0 atom stereocenters. The molecule has 24 heavy (non-hydrogen) atoms. The Morgan fingerprint density at radius 2 is 2.04 bits per heavy atom. The van der Waals surface area contributed by atoms with Crippen molar-refractivity contribution in [2.45, 2.75) is 20.4 Å². The van der Waals surface area contributed by atoms with Gasteiger partial charge in [0.2, 0.25) is 0 Å². The van der Waals surface area contributed by atoms with Gasteiger partial charge < -0.3 is 14.6 Å². The smallest absolute Gasteiger partial charge is 0.338 e. The lowest BCUT2D eigenvalue weighted by molar-refractivity contribution is 0.0599. The Labute approximate surface area is 143 Å². The number of thiophene rings is 1. The Bertz CT molecular complexity index is 924. The lowest BCUT2D eigenvalue weighted by Gasteiger charge is -2.10. The number of nitrogens with one attached hydrogen (secondary N) is 1. The molecule has 0 fully saturated rings. The van der Waals surface area contributed by atoms with Crippen LogP contribution in [0.15, 0.2) is 35.7 Å². The van der Waals surface area contributed by atoms with Crippen LogP contribution in [-0.2, 0) is 11.3 Å². The minimum atomic E-state index is -0.416. The van der Waals surface area contributed by atoms with Crippen molar-refractivity contribution in [3.63, 3.8) is 0 Å². The zero-order valence-corrected chi connectivity index (χ0v) is 14.6. The van der Waals surface area contributed by atoms with Crippen LogP contribution in [0.5, 0.6) is 0 Å². The number of hydrogen-bond donors (Lipinski definition) is 1. The number of esters is 1. The molecule has 2 aromatic heterocycles. The first-order valence-electron chi connectivity index (χ1n) is 7.62. The zero-order valence-electron chi connectivity index (χ0n) is 13.8. The van der Waals surface area contributed by atoms with E-state index < -0.39 is 5.97 Å². The van der Waals surface area contributed by atoms with E-state index in [1.54, 1.807) is 29.5 Å². The standard InChI is InChI=1S/C18H18N2O3S/c1-4-20-14-7-8-24-16(14)10-15(20)17(21)19-12-6-5-11(2)13(9-12)18(22)23-3/h5-10H,4H2,1-3H3,(H,19,21). The average molecular weight is 342 g/mol. The Balaban J connectivity index is 1.91. The molecule has 0 unspecified atom stereocenters. The number of methoxy groups -OCH3 is 1. The maximum Gasteiger partial charge on any atom is 0.338 e. The van der Waals surface area contributed by atoms with Crippen LogP contribution in [0, 0.1) is 6.92 Å². The first-order chi connectivity index (χ1) is 11.5. The predicted octanol–water partition coefficient (Wildman–Crippen LogP) is 4.07. The van der Waals surface area contributed by atoms with Crippen LogP contribution in [0.1, 0.15) is 33.3 Å². The summed E-state index contributed by atoms with van der Waals surface area (Å²) in [6.45, 7) is 4.55. The molecule has 0 aliphatic heterocycles. The molecule has 1 N–H and O–H groups in total. The predicted molar refractivity (Wildman–Crippen MR) is 96.0 cm³/mol. The summed E-state index contributed by atoms with van der Waals surface area (Å²) in [6.07, 6.45) is 0. The highest BCUT2D eigenvalue weighted by molar-refractivity contribution is 7.17. The van der Waals surface area contributed by atoms with Gasteiger partial charge in [-0.15, -0.1) is 11.3 Å². The highest BCUT2D eigenvalue weighted by atomic mass is 32.1. The van der Waals surface area contributed by atoms with Crippen LogP contribution in [0.2, 0.25) is 0 Å². The van der Waals surface area contributed by atoms with Gasteiger partial charge in [0.25, 0.3) is 5.91 Å². The molecule has 0 aliphatic rings. The van der Waals surface area contributed by atoms with E-state index in [-0.39, 0.29) is 5.91 Å². The molecule has 0 saturated carbocycles. The van der Waals surface area contributed by atoms with Gasteiger partial charge in [-0.25, -0.2) is 4.79 Å². The third-order valence-electron chi connectivity index (χ3n) is 3.97. The Kier molecular flexibility index (Phi) is 4.40. The largest absolute Gasteiger partial charge is 0.465 e. The maximum absolute atomic E-state index is 12.7. The van der Waals surface area contributed by atoms with Crippen molar-refractivity contribution in [2.75, 3.05) is 12.4 Å². The van der Waals surface area contributed by atoms with Gasteiger partial charge in [0.05, 0.1) is 22.9 Å². The molecule has 3 rings (SSSR count). The highest BCUT2D eigenvalue weighted by Gasteiger charge is 2.17. The SMILES string of the molecule is CCn1c(C(=O)Nc2ccc(C)c(C(=O)OC)c2)cc2sccc21. The summed E-state index contributed by atoms with van der Waals surface area (Å²) in [6, 6.07) is 9.12. The topological polar surface area (TPSA) is 60.3 Å². The van der Waals surface area contributed by atoms with Crippen molar-refractivity contribution in [3.8, 4) is 0 Å². The van der Waals surface area contributed by atoms with E-state index in [4.69, 9.17) is 4.74 Å². The quantitative estimate of drug-likeness (QED) is 0.727. The lowest BCUT2D eigenvalue weighted by Crippen LogP contribution is -2.17. The normalized spacial score (nSPS) is 10.8. The third kappa shape index (κ3) is 2.80. The van der Waals surface area contributed by atoms with Crippen LogP contribution in [0.3, 0.4) is 0 Å². The van der Waals surface area contributed by atoms with E-state index >= 15 is 0 Å². The number of anilines is 1. The molecule has 2 heterocycles. The van der Waals surface area contributed by atoms with Gasteiger partial charge in [0, 0.05) is 12.2 Å². The number of aromatic nitrogens is 1. The van der Waals surface area contributed by atoms with Gasteiger partial charge in [0.1, 0.15) is 5.69 Å². The maximum atomic E-state index is 12.7. The van der Waals surface area contributed by atoms with E-state index in [0.717, 1.165) is 15.8 Å². The van der Waals surface area contributed by atoms with Crippen molar-refractivity contribution in [3.05, 3.63) is 52.5 Å². The molecule has 0 saturated heterocycles. The monoisotopic (exact) mass is 342 g/mol. The zero-order chi connectivity index (χ0) is 17.3. The summed E-state index contributed by atoms with van der Waals surface area (Å²) in [7, 11) is 1.34. The van der Waals surface area contributed by atoms with Crippen LogP contribution in [-0.4, -0.2) is 23.6 Å². The number of ether oxygens (including phenoxy) is 1. The van der Waals surface area contributed by atoms with Crippen LogP contribution in [0.25, 0.3) is 10.2 Å². The number of hydrogen-bond acceptors (Lipinski definition) is 4. The van der Waals surface area contributed by atoms with Gasteiger partial charge >= 0.3 is 5.97 Å². The molecule has 124 valence electrons. The Morgan fingerprint density at radius 1 is 1.25 bits per heavy atom. The summed E-state index contributed by atoms with van der Waals surface area (Å²) >= 11 is 1.61. The molecular formula is C18H18N2O3S. The molecule has 0 radical (unpaired) electrons. The number of aryl methyl sites for hydroxylation is 2. The minimum absolute atomic E-state index is 0.195. The van der Waals surface area contributed by atoms with E-state index in [9.17, 15) is 9.59 Å². The van der Waals surface area contributed by atoms with Crippen molar-refractivity contribution in [1.82, 2.24) is 4.57 Å². The van der Waals surface area contributed by atoms with Gasteiger partial charge in [0.15, 0.2) is 0 Å². The van der Waals surface area contributed by atoms with Gasteiger partial charge in [-0.2, -0.15) is 0 Å². The molecule has 5 nitrogen and oxygen atoms in total. The number of fused-ring (bicyclic) bond motifs is 1. The van der Waals surface area contributed by atoms with E-state index in [1.165, 1.54) is 7.11 Å². The minimum Gasteiger partial charge on any atom is -0.465 e. The summed E-state index contributed by atoms with van der Waals surface area (Å²) in [5, 5.41) is 4.88. The molecule has 3 aromatic rings. The summed E-state index contributed by atoms with van der Waals surface area (Å²) in [5.41, 5.74) is 3.49. The molecule has 0 bridgehead atoms. The second-order valence-electron chi connectivity index (χ2n) is 5.42. The number of benzene rings is 1. The number of nitrogens with zero attached hydrogens (tertiary/aromatic N) is 1. The van der Waals surface area contributed by atoms with Crippen molar-refractivity contribution in [2.24, 2.45) is 0 Å². The first-order valence-corrected chi connectivity index (χ1v) is 8.50. The van der Waals surface area contributed by atoms with Crippen LogP contribution >= 0.6 is 11.3 Å². The van der Waals surface area contributed by atoms with E-state index in [2.05, 4.69) is 5.32 Å². The average Bonchev–Trinajstić information content (AvgIpc) is 3.16. The first kappa shape index (κ1) is 16.3. The molecular weight excluding hydrogens is 324 g/mol. The van der Waals surface area contributed by atoms with E-state index in [1.807, 2.05) is 35.9 Å². The second-order valence-corrected chi connectivity index (χ2v) is 6.37. The fourth-order valence-corrected chi connectivity index (χ4v) is 3.55. The van der Waals surface area contributed by atoms with Crippen molar-refractivity contribution < 1.29 is 14.3 Å². The third-order valence-corrected chi connectivity index (χ3v) is 4.83. The molecule has 0 aliphatic carbocycles.